The molecule has 0 atom stereocenters. The van der Waals surface area contributed by atoms with Gasteiger partial charge in [0, 0.05) is 13.2 Å². The van der Waals surface area contributed by atoms with Gasteiger partial charge in [0.1, 0.15) is 0 Å². The van der Waals surface area contributed by atoms with Gasteiger partial charge in [-0.15, -0.1) is 0 Å². The van der Waals surface area contributed by atoms with E-state index in [1.807, 2.05) is 0 Å². The summed E-state index contributed by atoms with van der Waals surface area (Å²) < 4.78 is 5.66. The zero-order valence-electron chi connectivity index (χ0n) is 17.9. The minimum absolute atomic E-state index is 0.289. The highest BCUT2D eigenvalue weighted by molar-refractivity contribution is 5.51. The van der Waals surface area contributed by atoms with Crippen LogP contribution in [0.1, 0.15) is 62.5 Å². The second-order valence-electron chi connectivity index (χ2n) is 7.91. The lowest BCUT2D eigenvalue weighted by atomic mass is 10.0. The summed E-state index contributed by atoms with van der Waals surface area (Å²) in [6.45, 7) is 1.49. The molecule has 0 aromatic heterocycles. The fraction of sp³-hybridized carbons (Fsp3) is 0.500. The molecule has 7 nitrogen and oxygen atoms in total. The summed E-state index contributed by atoms with van der Waals surface area (Å²) in [5.74, 6) is -2.10. The summed E-state index contributed by atoms with van der Waals surface area (Å²) in [5.41, 5.74) is 1.62. The minimum Gasteiger partial charge on any atom is -0.504 e. The van der Waals surface area contributed by atoms with E-state index in [1.54, 1.807) is 0 Å². The first-order valence-corrected chi connectivity index (χ1v) is 10.9. The molecule has 2 rings (SSSR count). The molecule has 0 saturated heterocycles. The maximum absolute atomic E-state index is 9.50. The van der Waals surface area contributed by atoms with E-state index in [0.717, 1.165) is 88.5 Å². The van der Waals surface area contributed by atoms with Crippen molar-refractivity contribution >= 4 is 0 Å². The van der Waals surface area contributed by atoms with Crippen molar-refractivity contribution in [3.05, 3.63) is 35.4 Å². The van der Waals surface area contributed by atoms with E-state index < -0.39 is 11.5 Å². The first-order chi connectivity index (χ1) is 14.9. The molecule has 0 unspecified atom stereocenters. The van der Waals surface area contributed by atoms with Crippen LogP contribution in [0.5, 0.6) is 34.5 Å². The Balaban J connectivity index is 1.41. The largest absolute Gasteiger partial charge is 0.504 e. The number of unbranched alkanes of at least 4 members (excludes halogenated alkanes) is 6. The van der Waals surface area contributed by atoms with Crippen LogP contribution in [-0.2, 0) is 17.6 Å². The van der Waals surface area contributed by atoms with Crippen LogP contribution in [0.2, 0.25) is 0 Å². The van der Waals surface area contributed by atoms with Gasteiger partial charge in [-0.05, 0) is 73.9 Å². The molecule has 0 radical (unpaired) electrons. The monoisotopic (exact) mass is 434 g/mol. The Morgan fingerprint density at radius 2 is 0.774 bits per heavy atom. The molecule has 0 amide bonds. The fourth-order valence-electron chi connectivity index (χ4n) is 3.49. The second-order valence-corrected chi connectivity index (χ2v) is 7.91. The third kappa shape index (κ3) is 8.45. The van der Waals surface area contributed by atoms with E-state index >= 15 is 0 Å². The number of aromatic hydroxyl groups is 6. The second kappa shape index (κ2) is 12.8. The van der Waals surface area contributed by atoms with Crippen LogP contribution in [0.15, 0.2) is 24.3 Å². The van der Waals surface area contributed by atoms with E-state index in [1.165, 1.54) is 24.3 Å². The summed E-state index contributed by atoms with van der Waals surface area (Å²) in [6, 6.07) is 5.93. The van der Waals surface area contributed by atoms with Crippen molar-refractivity contribution in [2.75, 3.05) is 13.2 Å². The van der Waals surface area contributed by atoms with Crippen LogP contribution < -0.4 is 0 Å². The Morgan fingerprint density at radius 1 is 0.452 bits per heavy atom. The lowest BCUT2D eigenvalue weighted by Gasteiger charge is -2.07. The van der Waals surface area contributed by atoms with E-state index in [4.69, 9.17) is 4.74 Å². The Morgan fingerprint density at radius 3 is 1.13 bits per heavy atom. The predicted octanol–water partition coefficient (Wildman–Crippen LogP) is 4.84. The third-order valence-electron chi connectivity index (χ3n) is 5.27. The number of rotatable bonds is 14. The molecule has 0 bridgehead atoms. The van der Waals surface area contributed by atoms with Crippen LogP contribution in [0.4, 0.5) is 0 Å². The molecule has 0 spiro atoms. The Labute approximate surface area is 183 Å². The normalized spacial score (nSPS) is 11.1. The van der Waals surface area contributed by atoms with Crippen LogP contribution in [-0.4, -0.2) is 43.9 Å². The topological polar surface area (TPSA) is 131 Å². The van der Waals surface area contributed by atoms with Crippen LogP contribution in [0, 0.1) is 0 Å². The number of hydrogen-bond donors (Lipinski definition) is 6. The lowest BCUT2D eigenvalue weighted by Crippen LogP contribution is -1.97. The Kier molecular flexibility index (Phi) is 10.1. The van der Waals surface area contributed by atoms with Gasteiger partial charge in [0.15, 0.2) is 34.5 Å². The van der Waals surface area contributed by atoms with Gasteiger partial charge in [-0.1, -0.05) is 25.7 Å². The highest BCUT2D eigenvalue weighted by Crippen LogP contribution is 2.36. The summed E-state index contributed by atoms with van der Waals surface area (Å²) >= 11 is 0. The molecule has 0 aliphatic heterocycles. The number of hydrogen-bond acceptors (Lipinski definition) is 7. The smallest absolute Gasteiger partial charge is 0.200 e. The average Bonchev–Trinajstić information content (AvgIpc) is 2.73. The molecule has 0 heterocycles. The van der Waals surface area contributed by atoms with Gasteiger partial charge >= 0.3 is 0 Å². The first kappa shape index (κ1) is 24.5. The van der Waals surface area contributed by atoms with Gasteiger partial charge in [0.2, 0.25) is 0 Å². The maximum Gasteiger partial charge on any atom is 0.200 e. The van der Waals surface area contributed by atoms with E-state index in [-0.39, 0.29) is 23.0 Å². The third-order valence-corrected chi connectivity index (χ3v) is 5.27. The summed E-state index contributed by atoms with van der Waals surface area (Å²) in [6.07, 6.45) is 9.56. The molecule has 0 fully saturated rings. The molecular formula is C24H34O7. The zero-order chi connectivity index (χ0) is 22.6. The van der Waals surface area contributed by atoms with Gasteiger partial charge in [-0.3, -0.25) is 0 Å². The minimum atomic E-state index is -0.473. The van der Waals surface area contributed by atoms with Gasteiger partial charge < -0.3 is 35.4 Å². The molecule has 0 saturated carbocycles. The van der Waals surface area contributed by atoms with Crippen molar-refractivity contribution in [1.82, 2.24) is 0 Å². The van der Waals surface area contributed by atoms with Gasteiger partial charge in [-0.25, -0.2) is 0 Å². The first-order valence-electron chi connectivity index (χ1n) is 10.9. The average molecular weight is 435 g/mol. The van der Waals surface area contributed by atoms with Crippen molar-refractivity contribution in [1.29, 1.82) is 0 Å². The zero-order valence-corrected chi connectivity index (χ0v) is 17.9. The van der Waals surface area contributed by atoms with Gasteiger partial charge in [0.05, 0.1) is 0 Å². The van der Waals surface area contributed by atoms with Crippen molar-refractivity contribution < 1.29 is 35.4 Å². The Bertz CT molecular complexity index is 706. The molecular weight excluding hydrogens is 400 g/mol. The summed E-state index contributed by atoms with van der Waals surface area (Å²) in [4.78, 5) is 0. The SMILES string of the molecule is Oc1cc(CCCCCCOCCCCCCc2cc(O)c(O)c(O)c2)cc(O)c1O. The van der Waals surface area contributed by atoms with E-state index in [0.29, 0.717) is 0 Å². The van der Waals surface area contributed by atoms with Crippen molar-refractivity contribution in [3.63, 3.8) is 0 Å². The number of ether oxygens (including phenoxy) is 1. The molecule has 0 aliphatic carbocycles. The summed E-state index contributed by atoms with van der Waals surface area (Å²) in [7, 11) is 0. The number of phenolic OH excluding ortho intramolecular Hbond substituents is 6. The summed E-state index contributed by atoms with van der Waals surface area (Å²) in [5, 5.41) is 56.7. The number of phenols is 6. The van der Waals surface area contributed by atoms with Crippen molar-refractivity contribution in [3.8, 4) is 34.5 Å². The molecule has 2 aromatic rings. The van der Waals surface area contributed by atoms with Crippen molar-refractivity contribution in [2.45, 2.75) is 64.2 Å². The standard InChI is InChI=1S/C24H34O7/c25-19-13-17(14-20(26)23(19)29)9-5-1-3-7-11-31-12-8-4-2-6-10-18-15-21(27)24(30)22(28)16-18/h13-16,25-30H,1-12H2. The highest BCUT2D eigenvalue weighted by Gasteiger charge is 2.08. The van der Waals surface area contributed by atoms with E-state index in [2.05, 4.69) is 0 Å². The highest BCUT2D eigenvalue weighted by atomic mass is 16.5. The number of benzene rings is 2. The van der Waals surface area contributed by atoms with Gasteiger partial charge in [-0.2, -0.15) is 0 Å². The van der Waals surface area contributed by atoms with Crippen molar-refractivity contribution in [2.24, 2.45) is 0 Å². The molecule has 0 aliphatic rings. The maximum atomic E-state index is 9.50. The Hall–Kier alpha value is -2.80. The quantitative estimate of drug-likeness (QED) is 0.185. The molecule has 2 aromatic carbocycles. The van der Waals surface area contributed by atoms with Crippen LogP contribution >= 0.6 is 0 Å². The van der Waals surface area contributed by atoms with Gasteiger partial charge in [0.25, 0.3) is 0 Å². The van der Waals surface area contributed by atoms with E-state index in [9.17, 15) is 30.6 Å². The lowest BCUT2D eigenvalue weighted by molar-refractivity contribution is 0.125. The molecule has 6 N–H and O–H groups in total. The predicted molar refractivity (Wildman–Crippen MR) is 118 cm³/mol. The fourth-order valence-corrected chi connectivity index (χ4v) is 3.49. The number of aryl methyl sites for hydroxylation is 2. The molecule has 31 heavy (non-hydrogen) atoms. The molecule has 172 valence electrons. The van der Waals surface area contributed by atoms with Crippen LogP contribution in [0.25, 0.3) is 0 Å². The van der Waals surface area contributed by atoms with Crippen LogP contribution in [0.3, 0.4) is 0 Å². The molecule has 7 heteroatoms.